The van der Waals surface area contributed by atoms with E-state index in [1.807, 2.05) is 30.3 Å². The van der Waals surface area contributed by atoms with Crippen LogP contribution in [0.25, 0.3) is 0 Å². The molecule has 0 aliphatic heterocycles. The van der Waals surface area contributed by atoms with E-state index in [1.165, 1.54) is 0 Å². The van der Waals surface area contributed by atoms with Crippen molar-refractivity contribution in [2.75, 3.05) is 6.79 Å². The van der Waals surface area contributed by atoms with Crippen LogP contribution >= 0.6 is 0 Å². The molecule has 1 atom stereocenters. The predicted molar refractivity (Wildman–Crippen MR) is 97.0 cm³/mol. The van der Waals surface area contributed by atoms with Crippen LogP contribution in [0.3, 0.4) is 0 Å². The Hall–Kier alpha value is -2.77. The highest BCUT2D eigenvalue weighted by molar-refractivity contribution is 5.81. The molecule has 0 aliphatic carbocycles. The number of hydrogen-bond donors (Lipinski definition) is 1. The molecule has 0 saturated heterocycles. The lowest BCUT2D eigenvalue weighted by atomic mass is 10.1. The van der Waals surface area contributed by atoms with E-state index in [1.54, 1.807) is 34.6 Å². The number of rotatable bonds is 7. The molecule has 0 radical (unpaired) electrons. The second kappa shape index (κ2) is 10.4. The minimum atomic E-state index is -1.01. The van der Waals surface area contributed by atoms with Crippen LogP contribution in [0.1, 0.15) is 40.2 Å². The first-order valence-corrected chi connectivity index (χ1v) is 8.60. The van der Waals surface area contributed by atoms with Gasteiger partial charge in [-0.1, -0.05) is 30.3 Å². The predicted octanol–water partition coefficient (Wildman–Crippen LogP) is 3.18. The molecule has 0 aliphatic rings. The van der Waals surface area contributed by atoms with Gasteiger partial charge in [0.1, 0.15) is 11.6 Å². The molecular formula is C19H27NO7. The Morgan fingerprint density at radius 3 is 2.22 bits per heavy atom. The molecule has 0 spiro atoms. The van der Waals surface area contributed by atoms with Crippen LogP contribution in [0.15, 0.2) is 30.3 Å². The van der Waals surface area contributed by atoms with Gasteiger partial charge in [-0.3, -0.25) is 0 Å². The zero-order chi connectivity index (χ0) is 20.4. The van der Waals surface area contributed by atoms with Gasteiger partial charge in [0.25, 0.3) is 0 Å². The van der Waals surface area contributed by atoms with Crippen molar-refractivity contribution in [2.45, 2.75) is 58.8 Å². The van der Waals surface area contributed by atoms with Crippen molar-refractivity contribution < 1.29 is 33.3 Å². The lowest BCUT2D eigenvalue weighted by molar-refractivity contribution is -0.156. The zero-order valence-corrected chi connectivity index (χ0v) is 16.3. The van der Waals surface area contributed by atoms with Crippen molar-refractivity contribution >= 4 is 18.2 Å². The lowest BCUT2D eigenvalue weighted by Gasteiger charge is -2.23. The quantitative estimate of drug-likeness (QED) is 0.440. The molecule has 1 aromatic carbocycles. The Labute approximate surface area is 159 Å². The first-order valence-electron chi connectivity index (χ1n) is 8.60. The summed E-state index contributed by atoms with van der Waals surface area (Å²) in [7, 11) is 0. The van der Waals surface area contributed by atoms with Gasteiger partial charge < -0.3 is 24.3 Å². The van der Waals surface area contributed by atoms with Crippen molar-refractivity contribution in [1.29, 1.82) is 0 Å². The average molecular weight is 381 g/mol. The van der Waals surface area contributed by atoms with Crippen LogP contribution in [0.2, 0.25) is 0 Å². The summed E-state index contributed by atoms with van der Waals surface area (Å²) in [4.78, 5) is 35.7. The molecule has 0 bridgehead atoms. The molecule has 0 fully saturated rings. The highest BCUT2D eigenvalue weighted by Crippen LogP contribution is 2.09. The summed E-state index contributed by atoms with van der Waals surface area (Å²) in [6, 6.07) is 8.09. The van der Waals surface area contributed by atoms with Gasteiger partial charge in [0, 0.05) is 6.42 Å². The van der Waals surface area contributed by atoms with Gasteiger partial charge in [0.2, 0.25) is 6.79 Å². The molecule has 27 heavy (non-hydrogen) atoms. The number of benzene rings is 1. The van der Waals surface area contributed by atoms with Gasteiger partial charge in [-0.15, -0.1) is 0 Å². The van der Waals surface area contributed by atoms with Crippen LogP contribution in [-0.4, -0.2) is 42.8 Å². The van der Waals surface area contributed by atoms with Crippen molar-refractivity contribution in [2.24, 2.45) is 0 Å². The molecule has 150 valence electrons. The van der Waals surface area contributed by atoms with E-state index < -0.39 is 36.7 Å². The maximum Gasteiger partial charge on any atom is 0.511 e. The molecule has 0 unspecified atom stereocenters. The molecule has 0 heterocycles. The van der Waals surface area contributed by atoms with E-state index in [0.717, 1.165) is 5.56 Å². The van der Waals surface area contributed by atoms with Crippen LogP contribution in [0, 0.1) is 0 Å². The van der Waals surface area contributed by atoms with Gasteiger partial charge in [-0.25, -0.2) is 14.4 Å². The van der Waals surface area contributed by atoms with E-state index in [4.69, 9.17) is 14.2 Å². The number of alkyl carbamates (subject to hydrolysis) is 1. The van der Waals surface area contributed by atoms with Crippen molar-refractivity contribution in [3.8, 4) is 0 Å². The first kappa shape index (κ1) is 22.3. The van der Waals surface area contributed by atoms with E-state index in [-0.39, 0.29) is 12.5 Å². The zero-order valence-electron chi connectivity index (χ0n) is 16.3. The highest BCUT2D eigenvalue weighted by Gasteiger charge is 2.26. The Morgan fingerprint density at radius 2 is 1.67 bits per heavy atom. The smallest absolute Gasteiger partial charge is 0.444 e. The Balaban J connectivity index is 2.67. The van der Waals surface area contributed by atoms with Crippen molar-refractivity contribution in [3.05, 3.63) is 35.9 Å². The maximum absolute atomic E-state index is 12.3. The number of carbonyl (C=O) groups excluding carboxylic acids is 3. The number of esters is 1. The van der Waals surface area contributed by atoms with Crippen LogP contribution < -0.4 is 5.32 Å². The lowest BCUT2D eigenvalue weighted by Crippen LogP contribution is -2.45. The molecule has 8 heteroatoms. The van der Waals surface area contributed by atoms with E-state index in [9.17, 15) is 14.4 Å². The van der Waals surface area contributed by atoms with Gasteiger partial charge in [0.15, 0.2) is 0 Å². The Morgan fingerprint density at radius 1 is 1.04 bits per heavy atom. The molecule has 1 rings (SSSR count). The van der Waals surface area contributed by atoms with Crippen molar-refractivity contribution in [3.63, 3.8) is 0 Å². The van der Waals surface area contributed by atoms with Crippen LogP contribution in [-0.2, 0) is 30.2 Å². The second-order valence-corrected chi connectivity index (χ2v) is 7.03. The first-order chi connectivity index (χ1) is 12.6. The number of nitrogens with one attached hydrogen (secondary N) is 1. The maximum atomic E-state index is 12.3. The largest absolute Gasteiger partial charge is 0.511 e. The van der Waals surface area contributed by atoms with E-state index in [0.29, 0.717) is 0 Å². The third kappa shape index (κ3) is 10.1. The van der Waals surface area contributed by atoms with Gasteiger partial charge in [0.05, 0.1) is 6.10 Å². The monoisotopic (exact) mass is 381 g/mol. The summed E-state index contributed by atoms with van der Waals surface area (Å²) in [5.41, 5.74) is 0.102. The van der Waals surface area contributed by atoms with Crippen LogP contribution in [0.4, 0.5) is 9.59 Å². The standard InChI is InChI=1S/C19H27NO7/c1-13(2)26-18(23)25-12-24-16(21)15(11-14-9-7-6-8-10-14)20-17(22)27-19(3,4)5/h6-10,13,15H,11-12H2,1-5H3,(H,20,22)/t15-/m0/s1. The summed E-state index contributed by atoms with van der Waals surface area (Å²) in [5.74, 6) is -0.762. The normalized spacial score (nSPS) is 12.1. The third-order valence-electron chi connectivity index (χ3n) is 2.97. The summed E-state index contributed by atoms with van der Waals surface area (Å²) < 4.78 is 19.5. The summed E-state index contributed by atoms with van der Waals surface area (Å²) in [6.07, 6.45) is -1.86. The minimum absolute atomic E-state index is 0.190. The summed E-state index contributed by atoms with van der Waals surface area (Å²) in [6.45, 7) is 7.84. The molecule has 8 nitrogen and oxygen atoms in total. The molecule has 1 aromatic rings. The Kier molecular flexibility index (Phi) is 8.58. The summed E-state index contributed by atoms with van der Waals surface area (Å²) >= 11 is 0. The molecule has 0 aromatic heterocycles. The highest BCUT2D eigenvalue weighted by atomic mass is 16.8. The number of carbonyl (C=O) groups is 3. The average Bonchev–Trinajstić information content (AvgIpc) is 2.52. The molecular weight excluding hydrogens is 354 g/mol. The number of ether oxygens (including phenoxy) is 4. The SMILES string of the molecule is CC(C)OC(=O)OCOC(=O)[C@H](Cc1ccccc1)NC(=O)OC(C)(C)C. The number of hydrogen-bond acceptors (Lipinski definition) is 7. The fourth-order valence-electron chi connectivity index (χ4n) is 1.96. The minimum Gasteiger partial charge on any atom is -0.444 e. The fourth-order valence-corrected chi connectivity index (χ4v) is 1.96. The third-order valence-corrected chi connectivity index (χ3v) is 2.97. The molecule has 1 N–H and O–H groups in total. The van der Waals surface area contributed by atoms with Gasteiger partial charge >= 0.3 is 18.2 Å². The number of amides is 1. The van der Waals surface area contributed by atoms with E-state index >= 15 is 0 Å². The van der Waals surface area contributed by atoms with Gasteiger partial charge in [-0.05, 0) is 40.2 Å². The van der Waals surface area contributed by atoms with E-state index in [2.05, 4.69) is 10.1 Å². The van der Waals surface area contributed by atoms with Crippen LogP contribution in [0.5, 0.6) is 0 Å². The summed E-state index contributed by atoms with van der Waals surface area (Å²) in [5, 5.41) is 2.48. The topological polar surface area (TPSA) is 100 Å². The Bertz CT molecular complexity index is 623. The van der Waals surface area contributed by atoms with Gasteiger partial charge in [-0.2, -0.15) is 0 Å². The molecule has 1 amide bonds. The second-order valence-electron chi connectivity index (χ2n) is 7.03. The fraction of sp³-hybridized carbons (Fsp3) is 0.526. The van der Waals surface area contributed by atoms with Crippen molar-refractivity contribution in [1.82, 2.24) is 5.32 Å². The molecule has 0 saturated carbocycles.